The molecule has 1 N–H and O–H groups in total. The molecule has 1 aromatic rings. The first kappa shape index (κ1) is 15.8. The molecule has 23 heavy (non-hydrogen) atoms. The van der Waals surface area contributed by atoms with Gasteiger partial charge in [-0.2, -0.15) is 0 Å². The second-order valence-electron chi connectivity index (χ2n) is 5.60. The summed E-state index contributed by atoms with van der Waals surface area (Å²) in [5.74, 6) is -1.09. The van der Waals surface area contributed by atoms with Crippen molar-refractivity contribution in [2.75, 3.05) is 19.8 Å². The SMILES string of the molecule is O=C(O)C1CO[C@H]2COCC[C@H]2N1C(=O)OCc1ccccc1. The number of benzene rings is 1. The average Bonchev–Trinajstić information content (AvgIpc) is 2.59. The van der Waals surface area contributed by atoms with Gasteiger partial charge >= 0.3 is 12.1 Å². The third kappa shape index (κ3) is 3.46. The average molecular weight is 321 g/mol. The monoisotopic (exact) mass is 321 g/mol. The zero-order valence-corrected chi connectivity index (χ0v) is 12.6. The van der Waals surface area contributed by atoms with Gasteiger partial charge in [-0.05, 0) is 12.0 Å². The molecule has 2 aliphatic heterocycles. The van der Waals surface area contributed by atoms with Gasteiger partial charge in [0.2, 0.25) is 0 Å². The first-order valence-corrected chi connectivity index (χ1v) is 7.58. The Labute approximate surface area is 133 Å². The number of ether oxygens (including phenoxy) is 3. The summed E-state index contributed by atoms with van der Waals surface area (Å²) in [7, 11) is 0. The molecule has 0 bridgehead atoms. The van der Waals surface area contributed by atoms with Gasteiger partial charge in [0.1, 0.15) is 12.7 Å². The van der Waals surface area contributed by atoms with Crippen molar-refractivity contribution in [2.24, 2.45) is 0 Å². The van der Waals surface area contributed by atoms with Crippen LogP contribution >= 0.6 is 0 Å². The first-order valence-electron chi connectivity index (χ1n) is 7.58. The van der Waals surface area contributed by atoms with E-state index >= 15 is 0 Å². The number of nitrogens with zero attached hydrogens (tertiary/aromatic N) is 1. The smallest absolute Gasteiger partial charge is 0.411 e. The van der Waals surface area contributed by atoms with E-state index in [1.807, 2.05) is 30.3 Å². The Balaban J connectivity index is 1.72. The molecule has 1 aromatic carbocycles. The molecule has 2 saturated heterocycles. The van der Waals surface area contributed by atoms with E-state index in [0.29, 0.717) is 19.6 Å². The number of hydrogen-bond donors (Lipinski definition) is 1. The quantitative estimate of drug-likeness (QED) is 0.902. The molecular weight excluding hydrogens is 302 g/mol. The van der Waals surface area contributed by atoms with Crippen molar-refractivity contribution >= 4 is 12.1 Å². The largest absolute Gasteiger partial charge is 0.480 e. The van der Waals surface area contributed by atoms with Gasteiger partial charge < -0.3 is 19.3 Å². The Morgan fingerprint density at radius 1 is 1.26 bits per heavy atom. The Morgan fingerprint density at radius 3 is 2.78 bits per heavy atom. The van der Waals surface area contributed by atoms with E-state index in [0.717, 1.165) is 5.56 Å². The van der Waals surface area contributed by atoms with E-state index in [1.54, 1.807) is 0 Å². The minimum Gasteiger partial charge on any atom is -0.480 e. The lowest BCUT2D eigenvalue weighted by Crippen LogP contribution is -2.63. The van der Waals surface area contributed by atoms with Crippen molar-refractivity contribution in [3.63, 3.8) is 0 Å². The van der Waals surface area contributed by atoms with E-state index in [1.165, 1.54) is 4.90 Å². The van der Waals surface area contributed by atoms with E-state index in [-0.39, 0.29) is 25.4 Å². The van der Waals surface area contributed by atoms with Crippen LogP contribution in [0.3, 0.4) is 0 Å². The van der Waals surface area contributed by atoms with E-state index in [2.05, 4.69) is 0 Å². The summed E-state index contributed by atoms with van der Waals surface area (Å²) in [6.07, 6.45) is -0.389. The van der Waals surface area contributed by atoms with Crippen molar-refractivity contribution in [3.8, 4) is 0 Å². The summed E-state index contributed by atoms with van der Waals surface area (Å²) < 4.78 is 16.2. The maximum Gasteiger partial charge on any atom is 0.411 e. The number of fused-ring (bicyclic) bond motifs is 1. The maximum atomic E-state index is 12.5. The number of hydrogen-bond acceptors (Lipinski definition) is 5. The highest BCUT2D eigenvalue weighted by atomic mass is 16.6. The molecule has 2 fully saturated rings. The molecule has 3 atom stereocenters. The topological polar surface area (TPSA) is 85.3 Å². The summed E-state index contributed by atoms with van der Waals surface area (Å²) in [5.41, 5.74) is 0.851. The molecule has 1 amide bonds. The predicted octanol–water partition coefficient (Wildman–Crippen LogP) is 1.27. The normalized spacial score (nSPS) is 27.1. The van der Waals surface area contributed by atoms with Crippen molar-refractivity contribution in [1.82, 2.24) is 4.90 Å². The zero-order chi connectivity index (χ0) is 16.2. The lowest BCUT2D eigenvalue weighted by molar-refractivity contribution is -0.172. The Morgan fingerprint density at radius 2 is 2.04 bits per heavy atom. The maximum absolute atomic E-state index is 12.5. The van der Waals surface area contributed by atoms with E-state index in [4.69, 9.17) is 14.2 Å². The zero-order valence-electron chi connectivity index (χ0n) is 12.6. The summed E-state index contributed by atoms with van der Waals surface area (Å²) >= 11 is 0. The van der Waals surface area contributed by atoms with Crippen LogP contribution < -0.4 is 0 Å². The van der Waals surface area contributed by atoms with Crippen molar-refractivity contribution in [3.05, 3.63) is 35.9 Å². The molecule has 0 aromatic heterocycles. The third-order valence-corrected chi connectivity index (χ3v) is 4.13. The van der Waals surface area contributed by atoms with Crippen LogP contribution in [-0.4, -0.2) is 60.1 Å². The molecule has 1 unspecified atom stereocenters. The lowest BCUT2D eigenvalue weighted by atomic mass is 10.00. The summed E-state index contributed by atoms with van der Waals surface area (Å²) in [6, 6.07) is 7.91. The molecule has 0 saturated carbocycles. The molecule has 2 aliphatic rings. The molecule has 7 heteroatoms. The van der Waals surface area contributed by atoms with Gasteiger partial charge in [0.15, 0.2) is 6.04 Å². The van der Waals surface area contributed by atoms with Crippen LogP contribution in [0.15, 0.2) is 30.3 Å². The number of morpholine rings is 1. The number of carbonyl (C=O) groups is 2. The van der Waals surface area contributed by atoms with Crippen molar-refractivity contribution in [2.45, 2.75) is 31.2 Å². The molecule has 124 valence electrons. The molecular formula is C16H19NO6. The number of carboxylic acid groups (broad SMARTS) is 1. The summed E-state index contributed by atoms with van der Waals surface area (Å²) in [4.78, 5) is 25.2. The molecule has 0 radical (unpaired) electrons. The number of rotatable bonds is 3. The van der Waals surface area contributed by atoms with Gasteiger partial charge in [0.05, 0.1) is 19.3 Å². The standard InChI is InChI=1S/C16H19NO6/c18-15(19)13-9-22-14-10-21-7-6-12(14)17(13)16(20)23-8-11-4-2-1-3-5-11/h1-5,12-14H,6-10H2,(H,18,19)/t12-,13?,14+/m1/s1. The first-order chi connectivity index (χ1) is 11.2. The predicted molar refractivity (Wildman–Crippen MR) is 78.9 cm³/mol. The van der Waals surface area contributed by atoms with Gasteiger partial charge in [-0.15, -0.1) is 0 Å². The number of aliphatic carboxylic acids is 1. The number of amides is 1. The highest BCUT2D eigenvalue weighted by molar-refractivity contribution is 5.80. The Hall–Kier alpha value is -2.12. The van der Waals surface area contributed by atoms with Crippen molar-refractivity contribution < 1.29 is 28.9 Å². The fourth-order valence-electron chi connectivity index (χ4n) is 2.95. The van der Waals surface area contributed by atoms with Crippen LogP contribution in [0.4, 0.5) is 4.79 Å². The van der Waals surface area contributed by atoms with Crippen LogP contribution in [0.2, 0.25) is 0 Å². The van der Waals surface area contributed by atoms with Gasteiger partial charge in [0.25, 0.3) is 0 Å². The number of carbonyl (C=O) groups excluding carboxylic acids is 1. The van der Waals surface area contributed by atoms with Crippen LogP contribution in [0.1, 0.15) is 12.0 Å². The highest BCUT2D eigenvalue weighted by Gasteiger charge is 2.46. The molecule has 3 rings (SSSR count). The highest BCUT2D eigenvalue weighted by Crippen LogP contribution is 2.26. The molecule has 2 heterocycles. The minimum atomic E-state index is -1.09. The fourth-order valence-corrected chi connectivity index (χ4v) is 2.95. The molecule has 7 nitrogen and oxygen atoms in total. The van der Waals surface area contributed by atoms with Crippen LogP contribution in [0.5, 0.6) is 0 Å². The van der Waals surface area contributed by atoms with Crippen LogP contribution in [-0.2, 0) is 25.6 Å². The van der Waals surface area contributed by atoms with E-state index < -0.39 is 18.1 Å². The minimum absolute atomic E-state index is 0.0553. The van der Waals surface area contributed by atoms with E-state index in [9.17, 15) is 14.7 Å². The fraction of sp³-hybridized carbons (Fsp3) is 0.500. The van der Waals surface area contributed by atoms with Gasteiger partial charge in [-0.1, -0.05) is 30.3 Å². The van der Waals surface area contributed by atoms with Crippen molar-refractivity contribution in [1.29, 1.82) is 0 Å². The Bertz CT molecular complexity index is 563. The lowest BCUT2D eigenvalue weighted by Gasteiger charge is -2.45. The van der Waals surface area contributed by atoms with Crippen LogP contribution in [0, 0.1) is 0 Å². The van der Waals surface area contributed by atoms with Crippen LogP contribution in [0.25, 0.3) is 0 Å². The second-order valence-corrected chi connectivity index (χ2v) is 5.60. The van der Waals surface area contributed by atoms with Gasteiger partial charge in [-0.25, -0.2) is 9.59 Å². The van der Waals surface area contributed by atoms with Gasteiger partial charge in [-0.3, -0.25) is 4.90 Å². The summed E-state index contributed by atoms with van der Waals surface area (Å²) in [6.45, 7) is 0.885. The molecule has 0 aliphatic carbocycles. The van der Waals surface area contributed by atoms with Gasteiger partial charge in [0, 0.05) is 6.61 Å². The number of carboxylic acids is 1. The molecule has 0 spiro atoms. The third-order valence-electron chi connectivity index (χ3n) is 4.13. The Kier molecular flexibility index (Phi) is 4.78. The summed E-state index contributed by atoms with van der Waals surface area (Å²) in [5, 5.41) is 9.37. The second kappa shape index (κ2) is 6.97.